The molecule has 1 aliphatic heterocycles. The lowest BCUT2D eigenvalue weighted by Crippen LogP contribution is -2.33. The standard InChI is InChI=1S/C13H15N3O2S/c1-3-9(2)13-16(12-5-14-7-17-12)6-10(18-13)11-4-15-8-19-11/h4-9,13H,3H2,1-2H3. The summed E-state index contributed by atoms with van der Waals surface area (Å²) in [5.74, 6) is 1.92. The highest BCUT2D eigenvalue weighted by Crippen LogP contribution is 2.35. The van der Waals surface area contributed by atoms with Crippen LogP contribution in [-0.2, 0) is 4.74 Å². The minimum Gasteiger partial charge on any atom is -0.467 e. The predicted molar refractivity (Wildman–Crippen MR) is 73.4 cm³/mol. The van der Waals surface area contributed by atoms with Gasteiger partial charge in [0.1, 0.15) is 0 Å². The van der Waals surface area contributed by atoms with E-state index in [1.807, 2.05) is 17.3 Å². The molecule has 0 fully saturated rings. The normalized spacial score (nSPS) is 20.2. The van der Waals surface area contributed by atoms with Gasteiger partial charge in [-0.15, -0.1) is 11.3 Å². The maximum Gasteiger partial charge on any atom is 0.223 e. The van der Waals surface area contributed by atoms with Crippen molar-refractivity contribution in [2.45, 2.75) is 26.5 Å². The van der Waals surface area contributed by atoms with Crippen molar-refractivity contribution in [1.82, 2.24) is 9.97 Å². The van der Waals surface area contributed by atoms with Gasteiger partial charge in [0.15, 0.2) is 18.4 Å². The molecule has 2 aromatic rings. The minimum absolute atomic E-state index is 0.0601. The van der Waals surface area contributed by atoms with E-state index in [2.05, 4.69) is 23.8 Å². The van der Waals surface area contributed by atoms with Crippen molar-refractivity contribution in [2.75, 3.05) is 4.90 Å². The molecule has 0 N–H and O–H groups in total. The van der Waals surface area contributed by atoms with Gasteiger partial charge in [0, 0.05) is 12.1 Å². The molecule has 0 saturated carbocycles. The molecule has 0 spiro atoms. The van der Waals surface area contributed by atoms with Gasteiger partial charge in [-0.3, -0.25) is 9.88 Å². The Morgan fingerprint density at radius 3 is 2.95 bits per heavy atom. The van der Waals surface area contributed by atoms with Crippen LogP contribution in [-0.4, -0.2) is 16.2 Å². The molecule has 6 heteroatoms. The molecule has 100 valence electrons. The summed E-state index contributed by atoms with van der Waals surface area (Å²) in [4.78, 5) is 11.1. The fourth-order valence-electron chi connectivity index (χ4n) is 1.99. The van der Waals surface area contributed by atoms with Crippen molar-refractivity contribution in [2.24, 2.45) is 5.92 Å². The zero-order valence-electron chi connectivity index (χ0n) is 10.8. The zero-order chi connectivity index (χ0) is 13.2. The Bertz CT molecular complexity index is 550. The molecular weight excluding hydrogens is 262 g/mol. The van der Waals surface area contributed by atoms with Crippen molar-refractivity contribution >= 4 is 23.0 Å². The minimum atomic E-state index is -0.0601. The van der Waals surface area contributed by atoms with E-state index >= 15 is 0 Å². The summed E-state index contributed by atoms with van der Waals surface area (Å²) in [6.07, 6.45) is 7.87. The van der Waals surface area contributed by atoms with Crippen LogP contribution in [0.15, 0.2) is 34.9 Å². The Balaban J connectivity index is 1.92. The smallest absolute Gasteiger partial charge is 0.223 e. The Hall–Kier alpha value is -1.82. The third-order valence-electron chi connectivity index (χ3n) is 3.26. The van der Waals surface area contributed by atoms with Crippen molar-refractivity contribution in [3.63, 3.8) is 0 Å². The van der Waals surface area contributed by atoms with Gasteiger partial charge in [-0.25, -0.2) is 4.98 Å². The van der Waals surface area contributed by atoms with E-state index in [0.29, 0.717) is 11.8 Å². The molecule has 5 nitrogen and oxygen atoms in total. The van der Waals surface area contributed by atoms with E-state index < -0.39 is 0 Å². The molecule has 2 atom stereocenters. The molecule has 0 aromatic carbocycles. The topological polar surface area (TPSA) is 51.4 Å². The van der Waals surface area contributed by atoms with Gasteiger partial charge in [-0.05, 0) is 6.42 Å². The summed E-state index contributed by atoms with van der Waals surface area (Å²) in [6.45, 7) is 4.31. The first-order valence-electron chi connectivity index (χ1n) is 6.23. The second kappa shape index (κ2) is 5.05. The van der Waals surface area contributed by atoms with Gasteiger partial charge < -0.3 is 9.15 Å². The molecular formula is C13H15N3O2S. The molecule has 0 radical (unpaired) electrons. The molecule has 0 aliphatic carbocycles. The van der Waals surface area contributed by atoms with Crippen molar-refractivity contribution < 1.29 is 9.15 Å². The molecule has 0 bridgehead atoms. The third-order valence-corrected chi connectivity index (χ3v) is 4.05. The summed E-state index contributed by atoms with van der Waals surface area (Å²) in [5, 5.41) is 0. The first-order chi connectivity index (χ1) is 9.29. The third kappa shape index (κ3) is 2.23. The predicted octanol–water partition coefficient (Wildman–Crippen LogP) is 3.34. The number of anilines is 1. The molecule has 19 heavy (non-hydrogen) atoms. The molecule has 2 aromatic heterocycles. The zero-order valence-corrected chi connectivity index (χ0v) is 11.6. The summed E-state index contributed by atoms with van der Waals surface area (Å²) in [7, 11) is 0. The number of oxazole rings is 1. The van der Waals surface area contributed by atoms with E-state index in [-0.39, 0.29) is 6.23 Å². The van der Waals surface area contributed by atoms with E-state index in [1.54, 1.807) is 23.0 Å². The Morgan fingerprint density at radius 1 is 1.42 bits per heavy atom. The summed E-state index contributed by atoms with van der Waals surface area (Å²) < 4.78 is 11.5. The lowest BCUT2D eigenvalue weighted by Gasteiger charge is -2.26. The number of aromatic nitrogens is 2. The summed E-state index contributed by atoms with van der Waals surface area (Å²) in [6, 6.07) is 0. The quantitative estimate of drug-likeness (QED) is 0.858. The first-order valence-corrected chi connectivity index (χ1v) is 7.11. The maximum atomic E-state index is 6.06. The fraction of sp³-hybridized carbons (Fsp3) is 0.385. The van der Waals surface area contributed by atoms with Crippen molar-refractivity contribution in [1.29, 1.82) is 0 Å². The number of ether oxygens (including phenoxy) is 1. The van der Waals surface area contributed by atoms with Gasteiger partial charge in [0.2, 0.25) is 5.88 Å². The average molecular weight is 277 g/mol. The van der Waals surface area contributed by atoms with Crippen LogP contribution in [0.5, 0.6) is 0 Å². The summed E-state index contributed by atoms with van der Waals surface area (Å²) >= 11 is 1.56. The number of hydrogen-bond donors (Lipinski definition) is 0. The van der Waals surface area contributed by atoms with Crippen LogP contribution in [0.2, 0.25) is 0 Å². The molecule has 2 unspecified atom stereocenters. The summed E-state index contributed by atoms with van der Waals surface area (Å²) in [5.41, 5.74) is 1.80. The lowest BCUT2D eigenvalue weighted by atomic mass is 10.1. The molecule has 3 rings (SSSR count). The first kappa shape index (κ1) is 12.2. The second-order valence-corrected chi connectivity index (χ2v) is 5.39. The number of thiazole rings is 1. The van der Waals surface area contributed by atoms with Gasteiger partial charge in [0.25, 0.3) is 0 Å². The monoisotopic (exact) mass is 277 g/mol. The van der Waals surface area contributed by atoms with Crippen LogP contribution in [0.25, 0.3) is 5.76 Å². The van der Waals surface area contributed by atoms with Crippen LogP contribution in [0.1, 0.15) is 25.1 Å². The highest BCUT2D eigenvalue weighted by Gasteiger charge is 2.33. The van der Waals surface area contributed by atoms with E-state index in [9.17, 15) is 0 Å². The number of hydrogen-bond acceptors (Lipinski definition) is 6. The lowest BCUT2D eigenvalue weighted by molar-refractivity contribution is 0.130. The Labute approximate surface area is 115 Å². The maximum absolute atomic E-state index is 6.06. The molecule has 1 aliphatic rings. The second-order valence-electron chi connectivity index (χ2n) is 4.50. The van der Waals surface area contributed by atoms with E-state index in [4.69, 9.17) is 9.15 Å². The van der Waals surface area contributed by atoms with Gasteiger partial charge >= 0.3 is 0 Å². The van der Waals surface area contributed by atoms with Gasteiger partial charge in [-0.1, -0.05) is 13.8 Å². The SMILES string of the molecule is CCC(C)C1OC(c2cncs2)=CN1c1cnco1. The van der Waals surface area contributed by atoms with Crippen molar-refractivity contribution in [3.8, 4) is 0 Å². The largest absolute Gasteiger partial charge is 0.467 e. The highest BCUT2D eigenvalue weighted by molar-refractivity contribution is 7.10. The van der Waals surface area contributed by atoms with E-state index in [0.717, 1.165) is 17.1 Å². The van der Waals surface area contributed by atoms with Crippen LogP contribution in [0, 0.1) is 5.92 Å². The average Bonchev–Trinajstić information content (AvgIpc) is 3.14. The van der Waals surface area contributed by atoms with Crippen LogP contribution in [0.3, 0.4) is 0 Å². The molecule has 0 amide bonds. The fourth-order valence-corrected chi connectivity index (χ4v) is 2.57. The highest BCUT2D eigenvalue weighted by atomic mass is 32.1. The van der Waals surface area contributed by atoms with Crippen LogP contribution < -0.4 is 4.90 Å². The van der Waals surface area contributed by atoms with Gasteiger partial charge in [-0.2, -0.15) is 0 Å². The molecule has 0 saturated heterocycles. The number of rotatable bonds is 4. The van der Waals surface area contributed by atoms with Crippen LogP contribution in [0.4, 0.5) is 5.88 Å². The molecule has 3 heterocycles. The Morgan fingerprint density at radius 2 is 2.32 bits per heavy atom. The van der Waals surface area contributed by atoms with E-state index in [1.165, 1.54) is 6.39 Å². The van der Waals surface area contributed by atoms with Crippen LogP contribution >= 0.6 is 11.3 Å². The van der Waals surface area contributed by atoms with Gasteiger partial charge in [0.05, 0.1) is 22.8 Å². The Kier molecular flexibility index (Phi) is 3.25. The number of nitrogens with zero attached hydrogens (tertiary/aromatic N) is 3. The van der Waals surface area contributed by atoms with Crippen molar-refractivity contribution in [3.05, 3.63) is 35.4 Å².